The molecule has 20 heavy (non-hydrogen) atoms. The fourth-order valence-corrected chi connectivity index (χ4v) is 3.53. The Balaban J connectivity index is 1.74. The maximum atomic E-state index is 5.48. The highest BCUT2D eigenvalue weighted by atomic mass is 16.5. The third kappa shape index (κ3) is 2.57. The molecule has 0 aliphatic carbocycles. The molecule has 2 unspecified atom stereocenters. The predicted molar refractivity (Wildman–Crippen MR) is 80.8 cm³/mol. The summed E-state index contributed by atoms with van der Waals surface area (Å²) in [5.74, 6) is 1.69. The molecule has 0 spiro atoms. The van der Waals surface area contributed by atoms with Crippen molar-refractivity contribution in [3.8, 4) is 11.5 Å². The lowest BCUT2D eigenvalue weighted by Crippen LogP contribution is -2.41. The minimum atomic E-state index is 0.539. The van der Waals surface area contributed by atoms with Crippen LogP contribution >= 0.6 is 0 Å². The van der Waals surface area contributed by atoms with E-state index in [4.69, 9.17) is 9.47 Å². The molecule has 110 valence electrons. The number of nitrogens with zero attached hydrogens (tertiary/aromatic N) is 1. The second-order valence-corrected chi connectivity index (χ2v) is 5.70. The number of benzene rings is 1. The van der Waals surface area contributed by atoms with Gasteiger partial charge in [0.2, 0.25) is 0 Å². The van der Waals surface area contributed by atoms with Crippen molar-refractivity contribution in [1.82, 2.24) is 4.90 Å². The van der Waals surface area contributed by atoms with Crippen molar-refractivity contribution in [3.63, 3.8) is 0 Å². The van der Waals surface area contributed by atoms with Gasteiger partial charge in [0.15, 0.2) is 0 Å². The average Bonchev–Trinajstić information content (AvgIpc) is 2.91. The van der Waals surface area contributed by atoms with Crippen LogP contribution in [0.2, 0.25) is 0 Å². The van der Waals surface area contributed by atoms with Gasteiger partial charge in [-0.3, -0.25) is 4.90 Å². The molecule has 4 heteroatoms. The monoisotopic (exact) mass is 276 g/mol. The number of hydrogen-bond acceptors (Lipinski definition) is 4. The first-order valence-corrected chi connectivity index (χ1v) is 7.54. The Hall–Kier alpha value is -1.42. The number of fused-ring (bicyclic) bond motifs is 1. The lowest BCUT2D eigenvalue weighted by Gasteiger charge is -2.33. The van der Waals surface area contributed by atoms with Crippen molar-refractivity contribution in [2.45, 2.75) is 37.8 Å². The summed E-state index contributed by atoms with van der Waals surface area (Å²) in [5.41, 5.74) is 1.07. The van der Waals surface area contributed by atoms with Crippen molar-refractivity contribution in [1.29, 1.82) is 0 Å². The second-order valence-electron chi connectivity index (χ2n) is 5.70. The largest absolute Gasteiger partial charge is 0.497 e. The number of ether oxygens (including phenoxy) is 2. The van der Waals surface area contributed by atoms with E-state index >= 15 is 0 Å². The highest BCUT2D eigenvalue weighted by Crippen LogP contribution is 2.34. The fraction of sp³-hybridized carbons (Fsp3) is 0.625. The van der Waals surface area contributed by atoms with E-state index in [-0.39, 0.29) is 0 Å². The van der Waals surface area contributed by atoms with Gasteiger partial charge in [-0.2, -0.15) is 0 Å². The number of nitrogens with one attached hydrogen (secondary N) is 1. The molecular formula is C16H24N2O2. The summed E-state index contributed by atoms with van der Waals surface area (Å²) < 4.78 is 10.7. The van der Waals surface area contributed by atoms with Crippen LogP contribution in [-0.4, -0.2) is 44.3 Å². The lowest BCUT2D eigenvalue weighted by molar-refractivity contribution is 0.192. The predicted octanol–water partition coefficient (Wildman–Crippen LogP) is 2.74. The lowest BCUT2D eigenvalue weighted by atomic mass is 9.99. The number of piperidine rings is 1. The van der Waals surface area contributed by atoms with Crippen LogP contribution in [0.3, 0.4) is 0 Å². The Kier molecular flexibility index (Phi) is 4.01. The fourth-order valence-electron chi connectivity index (χ4n) is 3.53. The van der Waals surface area contributed by atoms with Crippen molar-refractivity contribution < 1.29 is 9.47 Å². The third-order valence-corrected chi connectivity index (χ3v) is 4.61. The van der Waals surface area contributed by atoms with Crippen LogP contribution in [0.4, 0.5) is 5.69 Å². The van der Waals surface area contributed by atoms with Crippen LogP contribution in [0.15, 0.2) is 18.2 Å². The highest BCUT2D eigenvalue weighted by molar-refractivity contribution is 5.60. The summed E-state index contributed by atoms with van der Waals surface area (Å²) in [6.45, 7) is 2.49. The molecule has 3 rings (SSSR count). The van der Waals surface area contributed by atoms with Gasteiger partial charge in [-0.1, -0.05) is 6.42 Å². The summed E-state index contributed by atoms with van der Waals surface area (Å²) in [6.07, 6.45) is 5.25. The van der Waals surface area contributed by atoms with E-state index in [0.29, 0.717) is 12.1 Å². The van der Waals surface area contributed by atoms with E-state index in [1.165, 1.54) is 38.8 Å². The zero-order valence-corrected chi connectivity index (χ0v) is 12.4. The normalized spacial score (nSPS) is 26.1. The number of rotatable bonds is 4. The zero-order chi connectivity index (χ0) is 13.9. The maximum absolute atomic E-state index is 5.48. The van der Waals surface area contributed by atoms with Crippen molar-refractivity contribution in [2.75, 3.05) is 32.6 Å². The average molecular weight is 276 g/mol. The summed E-state index contributed by atoms with van der Waals surface area (Å²) in [7, 11) is 3.39. The Morgan fingerprint density at radius 2 is 2.00 bits per heavy atom. The van der Waals surface area contributed by atoms with Gasteiger partial charge in [0.25, 0.3) is 0 Å². The van der Waals surface area contributed by atoms with Crippen LogP contribution in [-0.2, 0) is 0 Å². The van der Waals surface area contributed by atoms with Gasteiger partial charge >= 0.3 is 0 Å². The Morgan fingerprint density at radius 1 is 1.10 bits per heavy atom. The molecule has 0 bridgehead atoms. The summed E-state index contributed by atoms with van der Waals surface area (Å²) in [6, 6.07) is 7.21. The van der Waals surface area contributed by atoms with E-state index < -0.39 is 0 Å². The van der Waals surface area contributed by atoms with Crippen LogP contribution in [0, 0.1) is 0 Å². The molecule has 2 saturated heterocycles. The van der Waals surface area contributed by atoms with E-state index in [2.05, 4.69) is 16.3 Å². The van der Waals surface area contributed by atoms with Gasteiger partial charge in [0, 0.05) is 24.7 Å². The number of methoxy groups -OCH3 is 2. The maximum Gasteiger partial charge on any atom is 0.145 e. The zero-order valence-electron chi connectivity index (χ0n) is 12.4. The van der Waals surface area contributed by atoms with Gasteiger partial charge in [-0.25, -0.2) is 0 Å². The van der Waals surface area contributed by atoms with E-state index in [1.54, 1.807) is 14.2 Å². The van der Waals surface area contributed by atoms with Gasteiger partial charge in [0.05, 0.1) is 19.9 Å². The molecule has 1 aromatic rings. The minimum Gasteiger partial charge on any atom is -0.497 e. The Morgan fingerprint density at radius 3 is 2.80 bits per heavy atom. The van der Waals surface area contributed by atoms with Crippen LogP contribution in [0.5, 0.6) is 11.5 Å². The Bertz CT molecular complexity index is 464. The number of anilines is 1. The first-order valence-electron chi connectivity index (χ1n) is 7.54. The molecule has 2 aliphatic heterocycles. The third-order valence-electron chi connectivity index (χ3n) is 4.61. The van der Waals surface area contributed by atoms with Gasteiger partial charge in [0.1, 0.15) is 11.5 Å². The topological polar surface area (TPSA) is 33.7 Å². The number of hydrogen-bond donors (Lipinski definition) is 1. The van der Waals surface area contributed by atoms with Crippen molar-refractivity contribution in [2.24, 2.45) is 0 Å². The first-order chi connectivity index (χ1) is 9.81. The van der Waals surface area contributed by atoms with Crippen LogP contribution in [0.1, 0.15) is 25.7 Å². The van der Waals surface area contributed by atoms with Gasteiger partial charge in [-0.15, -0.1) is 0 Å². The van der Waals surface area contributed by atoms with Gasteiger partial charge < -0.3 is 14.8 Å². The molecule has 0 radical (unpaired) electrons. The van der Waals surface area contributed by atoms with Crippen molar-refractivity contribution >= 4 is 5.69 Å². The standard InChI is InChI=1S/C16H24N2O2/c1-19-12-6-7-14(16(11-12)20-2)17-13-8-10-18-9-4-3-5-15(13)18/h6-7,11,13,15,17H,3-5,8-10H2,1-2H3. The summed E-state index contributed by atoms with van der Waals surface area (Å²) >= 11 is 0. The van der Waals surface area contributed by atoms with E-state index in [1.807, 2.05) is 12.1 Å². The first kappa shape index (κ1) is 13.6. The Labute approximate surface area is 121 Å². The van der Waals surface area contributed by atoms with Gasteiger partial charge in [-0.05, 0) is 37.9 Å². The molecule has 0 amide bonds. The molecular weight excluding hydrogens is 252 g/mol. The van der Waals surface area contributed by atoms with Crippen molar-refractivity contribution in [3.05, 3.63) is 18.2 Å². The van der Waals surface area contributed by atoms with Crippen LogP contribution < -0.4 is 14.8 Å². The molecule has 4 nitrogen and oxygen atoms in total. The van der Waals surface area contributed by atoms with Crippen LogP contribution in [0.25, 0.3) is 0 Å². The van der Waals surface area contributed by atoms with E-state index in [9.17, 15) is 0 Å². The molecule has 2 heterocycles. The smallest absolute Gasteiger partial charge is 0.145 e. The summed E-state index contributed by atoms with van der Waals surface area (Å²) in [4.78, 5) is 2.64. The molecule has 2 fully saturated rings. The molecule has 2 atom stereocenters. The second kappa shape index (κ2) is 5.92. The SMILES string of the molecule is COc1ccc(NC2CCN3CCCCC23)c(OC)c1. The molecule has 1 N–H and O–H groups in total. The molecule has 2 aliphatic rings. The molecule has 0 saturated carbocycles. The molecule has 0 aromatic heterocycles. The molecule has 1 aromatic carbocycles. The van der Waals surface area contributed by atoms with E-state index in [0.717, 1.165) is 17.2 Å². The summed E-state index contributed by atoms with van der Waals surface area (Å²) in [5, 5.41) is 3.69. The quantitative estimate of drug-likeness (QED) is 0.917. The minimum absolute atomic E-state index is 0.539. The highest BCUT2D eigenvalue weighted by Gasteiger charge is 2.35.